The third-order valence-electron chi connectivity index (χ3n) is 3.75. The fraction of sp³-hybridized carbons (Fsp3) is 0.150. The molecule has 0 radical (unpaired) electrons. The van der Waals surface area contributed by atoms with Gasteiger partial charge in [0.05, 0.1) is 5.56 Å². The molecule has 0 aliphatic heterocycles. The molecule has 0 saturated heterocycles. The fourth-order valence-electron chi connectivity index (χ4n) is 2.58. The van der Waals surface area contributed by atoms with Gasteiger partial charge in [0, 0.05) is 10.4 Å². The van der Waals surface area contributed by atoms with Crippen molar-refractivity contribution < 1.29 is 9.15 Å². The minimum atomic E-state index is -0.363. The van der Waals surface area contributed by atoms with Crippen molar-refractivity contribution in [2.24, 2.45) is 0 Å². The van der Waals surface area contributed by atoms with E-state index in [0.29, 0.717) is 28.5 Å². The molecule has 24 heavy (non-hydrogen) atoms. The number of aryl methyl sites for hydroxylation is 1. The third kappa shape index (κ3) is 3.22. The Labute approximate surface area is 145 Å². The molecule has 0 aliphatic rings. The van der Waals surface area contributed by atoms with Gasteiger partial charge in [-0.05, 0) is 60.9 Å². The molecule has 0 saturated carbocycles. The average molecular weight is 341 g/mol. The van der Waals surface area contributed by atoms with Crippen LogP contribution in [0.25, 0.3) is 22.1 Å². The van der Waals surface area contributed by atoms with Crippen molar-refractivity contribution in [2.75, 3.05) is 6.61 Å². The largest absolute Gasteiger partial charge is 0.489 e. The van der Waals surface area contributed by atoms with Crippen LogP contribution in [0.1, 0.15) is 12.5 Å². The van der Waals surface area contributed by atoms with E-state index in [4.69, 9.17) is 20.8 Å². The monoisotopic (exact) mass is 340 g/mol. The van der Waals surface area contributed by atoms with Gasteiger partial charge < -0.3 is 9.15 Å². The van der Waals surface area contributed by atoms with E-state index in [1.807, 2.05) is 32.0 Å². The molecule has 4 heteroatoms. The number of rotatable bonds is 4. The molecule has 1 heterocycles. The van der Waals surface area contributed by atoms with Crippen LogP contribution in [0.2, 0.25) is 5.02 Å². The van der Waals surface area contributed by atoms with E-state index in [2.05, 4.69) is 6.58 Å². The lowest BCUT2D eigenvalue weighted by atomic mass is 9.99. The summed E-state index contributed by atoms with van der Waals surface area (Å²) < 4.78 is 11.2. The number of hydrogen-bond donors (Lipinski definition) is 0. The Morgan fingerprint density at radius 3 is 2.58 bits per heavy atom. The van der Waals surface area contributed by atoms with Crippen LogP contribution in [0, 0.1) is 6.92 Å². The molecule has 0 atom stereocenters. The van der Waals surface area contributed by atoms with Crippen molar-refractivity contribution in [3.63, 3.8) is 0 Å². The van der Waals surface area contributed by atoms with E-state index in [9.17, 15) is 4.79 Å². The van der Waals surface area contributed by atoms with E-state index < -0.39 is 0 Å². The molecular weight excluding hydrogens is 324 g/mol. The Balaban J connectivity index is 2.14. The molecule has 0 bridgehead atoms. The Morgan fingerprint density at radius 1 is 1.21 bits per heavy atom. The number of ether oxygens (including phenoxy) is 1. The maximum Gasteiger partial charge on any atom is 0.344 e. The van der Waals surface area contributed by atoms with Crippen LogP contribution in [0.5, 0.6) is 5.75 Å². The molecule has 3 rings (SSSR count). The summed E-state index contributed by atoms with van der Waals surface area (Å²) in [6.45, 7) is 8.09. The second kappa shape index (κ2) is 6.54. The van der Waals surface area contributed by atoms with Crippen molar-refractivity contribution in [1.82, 2.24) is 0 Å². The van der Waals surface area contributed by atoms with Gasteiger partial charge >= 0.3 is 5.63 Å². The van der Waals surface area contributed by atoms with Crippen molar-refractivity contribution in [3.05, 3.63) is 75.6 Å². The maximum absolute atomic E-state index is 12.4. The lowest BCUT2D eigenvalue weighted by Gasteiger charge is -2.10. The Morgan fingerprint density at radius 2 is 1.92 bits per heavy atom. The lowest BCUT2D eigenvalue weighted by Crippen LogP contribution is -2.06. The summed E-state index contributed by atoms with van der Waals surface area (Å²) in [7, 11) is 0. The molecule has 0 amide bonds. The summed E-state index contributed by atoms with van der Waals surface area (Å²) in [4.78, 5) is 12.4. The van der Waals surface area contributed by atoms with Gasteiger partial charge in [-0.1, -0.05) is 30.3 Å². The van der Waals surface area contributed by atoms with Gasteiger partial charge in [-0.3, -0.25) is 0 Å². The van der Waals surface area contributed by atoms with Crippen molar-refractivity contribution >= 4 is 22.6 Å². The van der Waals surface area contributed by atoms with Gasteiger partial charge in [0.2, 0.25) is 0 Å². The Bertz CT molecular complexity index is 969. The second-order valence-electron chi connectivity index (χ2n) is 5.80. The van der Waals surface area contributed by atoms with Crippen LogP contribution in [0.3, 0.4) is 0 Å². The van der Waals surface area contributed by atoms with Crippen LogP contribution >= 0.6 is 11.6 Å². The molecule has 0 N–H and O–H groups in total. The second-order valence-corrected chi connectivity index (χ2v) is 6.24. The summed E-state index contributed by atoms with van der Waals surface area (Å²) >= 11 is 5.93. The van der Waals surface area contributed by atoms with E-state index in [-0.39, 0.29) is 5.63 Å². The lowest BCUT2D eigenvalue weighted by molar-refractivity contribution is 0.353. The highest BCUT2D eigenvalue weighted by Gasteiger charge is 2.14. The predicted molar refractivity (Wildman–Crippen MR) is 98.0 cm³/mol. The summed E-state index contributed by atoms with van der Waals surface area (Å²) in [5.74, 6) is 0.713. The Kier molecular flexibility index (Phi) is 4.45. The van der Waals surface area contributed by atoms with Crippen molar-refractivity contribution in [1.29, 1.82) is 0 Å². The highest BCUT2D eigenvalue weighted by molar-refractivity contribution is 6.30. The first kappa shape index (κ1) is 16.3. The number of fused-ring (bicyclic) bond motifs is 1. The van der Waals surface area contributed by atoms with Crippen LogP contribution < -0.4 is 10.4 Å². The summed E-state index contributed by atoms with van der Waals surface area (Å²) in [6.07, 6.45) is 0. The van der Waals surface area contributed by atoms with Gasteiger partial charge in [-0.15, -0.1) is 0 Å². The molecule has 0 spiro atoms. The van der Waals surface area contributed by atoms with E-state index in [1.54, 1.807) is 24.3 Å². The summed E-state index contributed by atoms with van der Waals surface area (Å²) in [5.41, 5.74) is 3.28. The molecular formula is C20H17ClO3. The van der Waals surface area contributed by atoms with Gasteiger partial charge in [0.15, 0.2) is 0 Å². The molecule has 0 aliphatic carbocycles. The molecule has 3 aromatic rings. The minimum Gasteiger partial charge on any atom is -0.489 e. The summed E-state index contributed by atoms with van der Waals surface area (Å²) in [5, 5.41) is 1.47. The zero-order chi connectivity index (χ0) is 17.3. The first-order chi connectivity index (χ1) is 11.5. The number of benzene rings is 2. The van der Waals surface area contributed by atoms with E-state index in [0.717, 1.165) is 22.1 Å². The number of hydrogen-bond acceptors (Lipinski definition) is 3. The van der Waals surface area contributed by atoms with Gasteiger partial charge in [0.25, 0.3) is 0 Å². The van der Waals surface area contributed by atoms with Gasteiger partial charge in [-0.25, -0.2) is 4.79 Å². The topological polar surface area (TPSA) is 39.4 Å². The van der Waals surface area contributed by atoms with Crippen LogP contribution in [-0.2, 0) is 0 Å². The van der Waals surface area contributed by atoms with Gasteiger partial charge in [0.1, 0.15) is 17.9 Å². The van der Waals surface area contributed by atoms with Crippen LogP contribution in [-0.4, -0.2) is 6.61 Å². The van der Waals surface area contributed by atoms with Crippen molar-refractivity contribution in [3.8, 4) is 16.9 Å². The zero-order valence-electron chi connectivity index (χ0n) is 13.6. The molecule has 1 aromatic heterocycles. The average Bonchev–Trinajstić information content (AvgIpc) is 2.55. The standard InChI is InChI=1S/C20H17ClO3/c1-12(2)11-23-16-8-9-18-17(10-16)13(3)19(20(22)24-18)14-4-6-15(21)7-5-14/h4-10H,1,11H2,2-3H3. The maximum atomic E-state index is 12.4. The molecule has 3 nitrogen and oxygen atoms in total. The van der Waals surface area contributed by atoms with E-state index >= 15 is 0 Å². The van der Waals surface area contributed by atoms with Gasteiger partial charge in [-0.2, -0.15) is 0 Å². The van der Waals surface area contributed by atoms with Crippen LogP contribution in [0.4, 0.5) is 0 Å². The molecule has 0 unspecified atom stereocenters. The SMILES string of the molecule is C=C(C)COc1ccc2oc(=O)c(-c3ccc(Cl)cc3)c(C)c2c1. The highest BCUT2D eigenvalue weighted by Crippen LogP contribution is 2.29. The smallest absolute Gasteiger partial charge is 0.344 e. The zero-order valence-corrected chi connectivity index (χ0v) is 14.3. The molecule has 2 aromatic carbocycles. The van der Waals surface area contributed by atoms with Crippen molar-refractivity contribution in [2.45, 2.75) is 13.8 Å². The predicted octanol–water partition coefficient (Wildman–Crippen LogP) is 5.38. The first-order valence-electron chi connectivity index (χ1n) is 7.56. The molecule has 0 fully saturated rings. The van der Waals surface area contributed by atoms with Crippen LogP contribution in [0.15, 0.2) is 63.8 Å². The molecule has 122 valence electrons. The first-order valence-corrected chi connectivity index (χ1v) is 7.94. The minimum absolute atomic E-state index is 0.363. The van der Waals surface area contributed by atoms with E-state index in [1.165, 1.54) is 0 Å². The quantitative estimate of drug-likeness (QED) is 0.473. The summed E-state index contributed by atoms with van der Waals surface area (Å²) in [6, 6.07) is 12.6. The highest BCUT2D eigenvalue weighted by atomic mass is 35.5. The fourth-order valence-corrected chi connectivity index (χ4v) is 2.70. The number of halogens is 1. The Hall–Kier alpha value is -2.52. The third-order valence-corrected chi connectivity index (χ3v) is 4.01. The normalized spacial score (nSPS) is 10.8.